The van der Waals surface area contributed by atoms with Gasteiger partial charge in [0, 0.05) is 31.4 Å². The van der Waals surface area contributed by atoms with Crippen LogP contribution in [-0.2, 0) is 13.6 Å². The quantitative estimate of drug-likeness (QED) is 0.297. The van der Waals surface area contributed by atoms with E-state index in [-0.39, 0.29) is 5.69 Å². The second-order valence-electron chi connectivity index (χ2n) is 5.32. The second kappa shape index (κ2) is 6.88. The number of pyridine rings is 1. The Morgan fingerprint density at radius 2 is 2.12 bits per heavy atom. The number of para-hydroxylation sites is 1. The standard InChI is InChI=1S/C16H16N4O3S/c1-18-13-6-3-2-5-12(13)15(14(16(18)21)20(22)23)24-10-4-8-19-9-7-17-11-19/h2-3,5-7,9,11H,4,8,10H2,1H3. The highest BCUT2D eigenvalue weighted by Gasteiger charge is 2.24. The van der Waals surface area contributed by atoms with E-state index in [0.29, 0.717) is 16.2 Å². The minimum atomic E-state index is -0.576. The summed E-state index contributed by atoms with van der Waals surface area (Å²) in [6.45, 7) is 0.781. The molecule has 0 radical (unpaired) electrons. The molecule has 7 nitrogen and oxygen atoms in total. The van der Waals surface area contributed by atoms with Gasteiger partial charge in [-0.15, -0.1) is 11.8 Å². The van der Waals surface area contributed by atoms with Gasteiger partial charge in [0.15, 0.2) is 0 Å². The van der Waals surface area contributed by atoms with E-state index in [1.54, 1.807) is 25.6 Å². The average molecular weight is 344 g/mol. The third-order valence-corrected chi connectivity index (χ3v) is 4.98. The van der Waals surface area contributed by atoms with Gasteiger partial charge < -0.3 is 9.13 Å². The minimum absolute atomic E-state index is 0.344. The molecule has 0 aliphatic carbocycles. The zero-order chi connectivity index (χ0) is 17.1. The number of hydrogen-bond acceptors (Lipinski definition) is 5. The summed E-state index contributed by atoms with van der Waals surface area (Å²) in [5.41, 5.74) is -0.218. The zero-order valence-corrected chi connectivity index (χ0v) is 13.9. The number of imidazole rings is 1. The fraction of sp³-hybridized carbons (Fsp3) is 0.250. The lowest BCUT2D eigenvalue weighted by Gasteiger charge is -2.10. The number of thioether (sulfide) groups is 1. The van der Waals surface area contributed by atoms with Gasteiger partial charge in [0.2, 0.25) is 0 Å². The van der Waals surface area contributed by atoms with Gasteiger partial charge in [-0.2, -0.15) is 0 Å². The van der Waals surface area contributed by atoms with Crippen LogP contribution in [0.5, 0.6) is 0 Å². The first-order valence-corrected chi connectivity index (χ1v) is 8.43. The molecule has 1 aromatic carbocycles. The summed E-state index contributed by atoms with van der Waals surface area (Å²) in [6, 6.07) is 7.27. The molecule has 0 atom stereocenters. The molecule has 0 N–H and O–H groups in total. The van der Waals surface area contributed by atoms with Crippen LogP contribution < -0.4 is 5.56 Å². The number of fused-ring (bicyclic) bond motifs is 1. The molecular weight excluding hydrogens is 328 g/mol. The number of nitrogens with zero attached hydrogens (tertiary/aromatic N) is 4. The van der Waals surface area contributed by atoms with Crippen molar-refractivity contribution in [2.45, 2.75) is 17.9 Å². The Morgan fingerprint density at radius 1 is 1.33 bits per heavy atom. The van der Waals surface area contributed by atoms with Crippen LogP contribution in [0.1, 0.15) is 6.42 Å². The Bertz CT molecular complexity index is 934. The van der Waals surface area contributed by atoms with Gasteiger partial charge >= 0.3 is 11.2 Å². The van der Waals surface area contributed by atoms with Crippen LogP contribution in [0.2, 0.25) is 0 Å². The molecule has 0 saturated heterocycles. The van der Waals surface area contributed by atoms with Crippen LogP contribution in [0.15, 0.2) is 52.7 Å². The van der Waals surface area contributed by atoms with Crippen molar-refractivity contribution in [2.75, 3.05) is 5.75 Å². The van der Waals surface area contributed by atoms with Gasteiger partial charge in [-0.1, -0.05) is 18.2 Å². The lowest BCUT2D eigenvalue weighted by Crippen LogP contribution is -2.21. The molecule has 0 aliphatic heterocycles. The fourth-order valence-corrected chi connectivity index (χ4v) is 3.70. The van der Waals surface area contributed by atoms with Gasteiger partial charge in [-0.05, 0) is 18.2 Å². The van der Waals surface area contributed by atoms with E-state index in [1.807, 2.05) is 29.0 Å². The Hall–Kier alpha value is -2.61. The van der Waals surface area contributed by atoms with Crippen molar-refractivity contribution in [1.82, 2.24) is 14.1 Å². The molecule has 0 aliphatic rings. The third-order valence-electron chi connectivity index (χ3n) is 3.78. The van der Waals surface area contributed by atoms with Crippen LogP contribution in [0, 0.1) is 10.1 Å². The van der Waals surface area contributed by atoms with Crippen LogP contribution in [-0.4, -0.2) is 24.8 Å². The van der Waals surface area contributed by atoms with E-state index in [0.717, 1.165) is 18.4 Å². The molecule has 0 saturated carbocycles. The lowest BCUT2D eigenvalue weighted by molar-refractivity contribution is -0.389. The van der Waals surface area contributed by atoms with Gasteiger partial charge in [0.05, 0.1) is 16.8 Å². The molecule has 3 rings (SSSR count). The van der Waals surface area contributed by atoms with Crippen molar-refractivity contribution in [2.24, 2.45) is 7.05 Å². The molecule has 3 aromatic rings. The first-order chi connectivity index (χ1) is 11.6. The highest BCUT2D eigenvalue weighted by Crippen LogP contribution is 2.33. The summed E-state index contributed by atoms with van der Waals surface area (Å²) < 4.78 is 3.29. The molecule has 0 unspecified atom stereocenters. The molecule has 24 heavy (non-hydrogen) atoms. The maximum absolute atomic E-state index is 12.4. The fourth-order valence-electron chi connectivity index (χ4n) is 2.60. The smallest absolute Gasteiger partial charge is 0.337 e. The van der Waals surface area contributed by atoms with E-state index in [4.69, 9.17) is 0 Å². The van der Waals surface area contributed by atoms with E-state index in [2.05, 4.69) is 4.98 Å². The van der Waals surface area contributed by atoms with Crippen LogP contribution >= 0.6 is 11.8 Å². The SMILES string of the molecule is Cn1c(=O)c([N+](=O)[O-])c(SCCCn2ccnc2)c2ccccc21. The molecule has 2 heterocycles. The summed E-state index contributed by atoms with van der Waals surface area (Å²) in [7, 11) is 1.56. The number of rotatable bonds is 6. The zero-order valence-electron chi connectivity index (χ0n) is 13.1. The molecular formula is C16H16N4O3S. The van der Waals surface area contributed by atoms with Crippen molar-refractivity contribution in [3.63, 3.8) is 0 Å². The Kier molecular flexibility index (Phi) is 4.66. The minimum Gasteiger partial charge on any atom is -0.337 e. The summed E-state index contributed by atoms with van der Waals surface area (Å²) in [5, 5.41) is 12.2. The highest BCUT2D eigenvalue weighted by molar-refractivity contribution is 7.99. The van der Waals surface area contributed by atoms with E-state index >= 15 is 0 Å². The van der Waals surface area contributed by atoms with Gasteiger partial charge in [0.25, 0.3) is 0 Å². The van der Waals surface area contributed by atoms with Crippen molar-refractivity contribution in [1.29, 1.82) is 0 Å². The molecule has 0 fully saturated rings. The second-order valence-corrected chi connectivity index (χ2v) is 6.42. The predicted molar refractivity (Wildman–Crippen MR) is 93.4 cm³/mol. The largest absolute Gasteiger partial charge is 0.348 e. The molecule has 0 bridgehead atoms. The molecule has 8 heteroatoms. The third kappa shape index (κ3) is 3.05. The number of benzene rings is 1. The lowest BCUT2D eigenvalue weighted by atomic mass is 10.2. The van der Waals surface area contributed by atoms with Crippen molar-refractivity contribution >= 4 is 28.4 Å². The molecule has 124 valence electrons. The van der Waals surface area contributed by atoms with Crippen LogP contribution in [0.25, 0.3) is 10.9 Å². The summed E-state index contributed by atoms with van der Waals surface area (Å²) >= 11 is 1.36. The Labute approximate surface area is 142 Å². The maximum atomic E-state index is 12.4. The van der Waals surface area contributed by atoms with Gasteiger partial charge in [-0.25, -0.2) is 4.98 Å². The van der Waals surface area contributed by atoms with Crippen LogP contribution in [0.4, 0.5) is 5.69 Å². The molecule has 2 aromatic heterocycles. The number of aryl methyl sites for hydroxylation is 2. The number of hydrogen-bond donors (Lipinski definition) is 0. The monoisotopic (exact) mass is 344 g/mol. The Morgan fingerprint density at radius 3 is 2.83 bits per heavy atom. The van der Waals surface area contributed by atoms with Gasteiger partial charge in [-0.3, -0.25) is 14.9 Å². The summed E-state index contributed by atoms with van der Waals surface area (Å²) in [4.78, 5) is 27.6. The first-order valence-electron chi connectivity index (χ1n) is 7.44. The van der Waals surface area contributed by atoms with E-state index in [1.165, 1.54) is 16.3 Å². The summed E-state index contributed by atoms with van der Waals surface area (Å²) in [5.74, 6) is 0.677. The van der Waals surface area contributed by atoms with E-state index < -0.39 is 10.5 Å². The van der Waals surface area contributed by atoms with E-state index in [9.17, 15) is 14.9 Å². The van der Waals surface area contributed by atoms with Crippen molar-refractivity contribution < 1.29 is 4.92 Å². The first kappa shape index (κ1) is 16.3. The normalized spacial score (nSPS) is 11.0. The topological polar surface area (TPSA) is 83.0 Å². The number of nitro groups is 1. The Balaban J connectivity index is 1.93. The summed E-state index contributed by atoms with van der Waals surface area (Å²) in [6.07, 6.45) is 6.15. The molecule has 0 spiro atoms. The van der Waals surface area contributed by atoms with Crippen molar-refractivity contribution in [3.05, 3.63) is 63.5 Å². The van der Waals surface area contributed by atoms with Crippen molar-refractivity contribution in [3.8, 4) is 0 Å². The van der Waals surface area contributed by atoms with Crippen LogP contribution in [0.3, 0.4) is 0 Å². The molecule has 0 amide bonds. The number of aromatic nitrogens is 3. The average Bonchev–Trinajstić information content (AvgIpc) is 3.09. The predicted octanol–water partition coefficient (Wildman–Crippen LogP) is 2.83. The van der Waals surface area contributed by atoms with Gasteiger partial charge in [0.1, 0.15) is 4.90 Å². The maximum Gasteiger partial charge on any atom is 0.348 e. The highest BCUT2D eigenvalue weighted by atomic mass is 32.2.